The zero-order chi connectivity index (χ0) is 14.5. The zero-order valence-electron chi connectivity index (χ0n) is 11.1. The predicted octanol–water partition coefficient (Wildman–Crippen LogP) is 3.02. The van der Waals surface area contributed by atoms with Gasteiger partial charge in [-0.15, -0.1) is 11.3 Å². The van der Waals surface area contributed by atoms with Gasteiger partial charge in [-0.2, -0.15) is 4.31 Å². The highest BCUT2D eigenvalue weighted by atomic mass is 79.9. The van der Waals surface area contributed by atoms with E-state index < -0.39 is 10.0 Å². The fraction of sp³-hybridized carbons (Fsp3) is 0.667. The van der Waals surface area contributed by atoms with Crippen LogP contribution in [0.5, 0.6) is 0 Å². The highest BCUT2D eigenvalue weighted by molar-refractivity contribution is 9.11. The molecule has 2 aliphatic rings. The van der Waals surface area contributed by atoms with E-state index in [9.17, 15) is 8.42 Å². The predicted molar refractivity (Wildman–Crippen MR) is 85.0 cm³/mol. The number of fused-ring (bicyclic) bond motifs is 2. The number of sulfonamides is 1. The number of hydrogen-bond acceptors (Lipinski definition) is 4. The van der Waals surface area contributed by atoms with Gasteiger partial charge in [-0.25, -0.2) is 8.42 Å². The second-order valence-corrected chi connectivity index (χ2v) is 10.3. The van der Waals surface area contributed by atoms with Gasteiger partial charge in [0.25, 0.3) is 10.0 Å². The lowest BCUT2D eigenvalue weighted by Gasteiger charge is -2.24. The van der Waals surface area contributed by atoms with Gasteiger partial charge in [0.1, 0.15) is 4.21 Å². The van der Waals surface area contributed by atoms with Crippen molar-refractivity contribution in [1.29, 1.82) is 0 Å². The number of likely N-dealkylation sites (N-methyl/N-ethyl adjacent to an activating group) is 1. The minimum absolute atomic E-state index is 0.329. The van der Waals surface area contributed by atoms with Gasteiger partial charge in [-0.1, -0.05) is 11.6 Å². The van der Waals surface area contributed by atoms with Crippen LogP contribution in [0.3, 0.4) is 0 Å². The topological polar surface area (TPSA) is 40.6 Å². The smallest absolute Gasteiger partial charge is 0.252 e. The molecule has 2 bridgehead atoms. The molecule has 1 aromatic rings. The Morgan fingerprint density at radius 2 is 2.05 bits per heavy atom. The minimum atomic E-state index is -3.42. The minimum Gasteiger partial charge on any atom is -0.299 e. The SMILES string of the molecule is CN1C2CCC1CN(S(=O)(=O)c1cc(Cl)c(Br)s1)CC2. The summed E-state index contributed by atoms with van der Waals surface area (Å²) in [6.45, 7) is 1.18. The van der Waals surface area contributed by atoms with E-state index in [-0.39, 0.29) is 0 Å². The second kappa shape index (κ2) is 5.52. The lowest BCUT2D eigenvalue weighted by molar-refractivity contribution is 0.247. The number of thiophene rings is 1. The van der Waals surface area contributed by atoms with Crippen molar-refractivity contribution >= 4 is 48.9 Å². The van der Waals surface area contributed by atoms with Gasteiger partial charge in [0.05, 0.1) is 8.81 Å². The summed E-state index contributed by atoms with van der Waals surface area (Å²) in [6.07, 6.45) is 3.18. The van der Waals surface area contributed by atoms with Crippen LogP contribution in [0.1, 0.15) is 19.3 Å². The summed E-state index contributed by atoms with van der Waals surface area (Å²) in [5.41, 5.74) is 0. The van der Waals surface area contributed by atoms with Crippen molar-refractivity contribution in [2.75, 3.05) is 20.1 Å². The maximum absolute atomic E-state index is 12.7. The Kier molecular flexibility index (Phi) is 4.20. The van der Waals surface area contributed by atoms with Crippen molar-refractivity contribution < 1.29 is 8.42 Å². The van der Waals surface area contributed by atoms with Crippen LogP contribution < -0.4 is 0 Å². The Morgan fingerprint density at radius 3 is 2.70 bits per heavy atom. The first-order valence-corrected chi connectivity index (χ1v) is 9.99. The fourth-order valence-corrected chi connectivity index (χ4v) is 7.12. The molecular formula is C12H16BrClN2O2S2. The summed E-state index contributed by atoms with van der Waals surface area (Å²) in [4.78, 5) is 2.34. The molecule has 2 unspecified atom stereocenters. The third-order valence-electron chi connectivity index (χ3n) is 4.33. The molecule has 0 aromatic carbocycles. The molecule has 2 saturated heterocycles. The summed E-state index contributed by atoms with van der Waals surface area (Å²) in [6, 6.07) is 2.41. The lowest BCUT2D eigenvalue weighted by atomic mass is 10.1. The van der Waals surface area contributed by atoms with Crippen LogP contribution in [0.25, 0.3) is 0 Å². The van der Waals surface area contributed by atoms with E-state index in [0.717, 1.165) is 12.8 Å². The van der Waals surface area contributed by atoms with Gasteiger partial charge in [-0.3, -0.25) is 4.90 Å². The molecule has 8 heteroatoms. The van der Waals surface area contributed by atoms with Gasteiger partial charge in [0.2, 0.25) is 0 Å². The summed E-state index contributed by atoms with van der Waals surface area (Å²) in [5.74, 6) is 0. The maximum Gasteiger partial charge on any atom is 0.252 e. The molecule has 0 spiro atoms. The number of rotatable bonds is 2. The molecule has 112 valence electrons. The van der Waals surface area contributed by atoms with Crippen LogP contribution in [0.2, 0.25) is 5.02 Å². The molecule has 0 radical (unpaired) electrons. The van der Waals surface area contributed by atoms with Crippen molar-refractivity contribution in [3.05, 3.63) is 14.9 Å². The molecule has 2 atom stereocenters. The average Bonchev–Trinajstić information content (AvgIpc) is 2.81. The van der Waals surface area contributed by atoms with E-state index in [4.69, 9.17) is 11.6 Å². The Hall–Kier alpha value is 0.340. The molecule has 0 aliphatic carbocycles. The van der Waals surface area contributed by atoms with E-state index in [0.29, 0.717) is 38.2 Å². The van der Waals surface area contributed by atoms with Crippen LogP contribution in [-0.2, 0) is 10.0 Å². The van der Waals surface area contributed by atoms with Gasteiger partial charge in [-0.05, 0) is 48.3 Å². The molecule has 3 rings (SSSR count). The van der Waals surface area contributed by atoms with Crippen LogP contribution >= 0.6 is 38.9 Å². The molecule has 0 amide bonds. The molecule has 20 heavy (non-hydrogen) atoms. The quantitative estimate of drug-likeness (QED) is 0.767. The van der Waals surface area contributed by atoms with Crippen molar-refractivity contribution in [3.63, 3.8) is 0 Å². The number of nitrogens with zero attached hydrogens (tertiary/aromatic N) is 2. The average molecular weight is 400 g/mol. The van der Waals surface area contributed by atoms with Gasteiger partial charge in [0.15, 0.2) is 0 Å². The van der Waals surface area contributed by atoms with Crippen LogP contribution in [0.4, 0.5) is 0 Å². The summed E-state index contributed by atoms with van der Waals surface area (Å²) in [5, 5.41) is 0.460. The normalized spacial score (nSPS) is 28.8. The molecule has 1 aromatic heterocycles. The highest BCUT2D eigenvalue weighted by Gasteiger charge is 2.39. The van der Waals surface area contributed by atoms with E-state index in [1.165, 1.54) is 17.8 Å². The molecule has 0 saturated carbocycles. The first-order chi connectivity index (χ1) is 9.39. The third-order valence-corrected chi connectivity index (χ3v) is 9.12. The summed E-state index contributed by atoms with van der Waals surface area (Å²) in [7, 11) is -1.31. The largest absolute Gasteiger partial charge is 0.299 e. The Labute approximate surface area is 136 Å². The van der Waals surface area contributed by atoms with E-state index >= 15 is 0 Å². The fourth-order valence-electron chi connectivity index (χ4n) is 3.08. The van der Waals surface area contributed by atoms with Crippen molar-refractivity contribution in [2.45, 2.75) is 35.6 Å². The molecule has 2 aliphatic heterocycles. The van der Waals surface area contributed by atoms with Crippen molar-refractivity contribution in [1.82, 2.24) is 9.21 Å². The summed E-state index contributed by atoms with van der Waals surface area (Å²) < 4.78 is 28.1. The molecule has 2 fully saturated rings. The first-order valence-electron chi connectivity index (χ1n) is 6.56. The first kappa shape index (κ1) is 15.2. The van der Waals surface area contributed by atoms with Gasteiger partial charge in [0, 0.05) is 25.2 Å². The number of hydrogen-bond donors (Lipinski definition) is 0. The Balaban J connectivity index is 1.88. The monoisotopic (exact) mass is 398 g/mol. The van der Waals surface area contributed by atoms with Gasteiger partial charge >= 0.3 is 0 Å². The molecule has 4 nitrogen and oxygen atoms in total. The van der Waals surface area contributed by atoms with Crippen LogP contribution in [0.15, 0.2) is 14.1 Å². The van der Waals surface area contributed by atoms with E-state index in [2.05, 4.69) is 27.9 Å². The lowest BCUT2D eigenvalue weighted by Crippen LogP contribution is -2.39. The number of halogens is 2. The van der Waals surface area contributed by atoms with Gasteiger partial charge < -0.3 is 0 Å². The molecule has 3 heterocycles. The van der Waals surface area contributed by atoms with Crippen molar-refractivity contribution in [2.24, 2.45) is 0 Å². The van der Waals surface area contributed by atoms with Crippen molar-refractivity contribution in [3.8, 4) is 0 Å². The molecule has 0 N–H and O–H groups in total. The van der Waals surface area contributed by atoms with Crippen LogP contribution in [-0.4, -0.2) is 49.8 Å². The standard InChI is InChI=1S/C12H16BrClN2O2S2/c1-15-8-2-3-9(15)7-16(5-4-8)20(17,18)11-6-10(14)12(13)19-11/h6,8-9H,2-5,7H2,1H3. The Bertz CT molecular complexity index is 599. The zero-order valence-corrected chi connectivity index (χ0v) is 15.0. The highest BCUT2D eigenvalue weighted by Crippen LogP contribution is 2.37. The Morgan fingerprint density at radius 1 is 1.35 bits per heavy atom. The van der Waals surface area contributed by atoms with Crippen LogP contribution in [0, 0.1) is 0 Å². The maximum atomic E-state index is 12.7. The molecular weight excluding hydrogens is 384 g/mol. The van der Waals surface area contributed by atoms with E-state index in [1.54, 1.807) is 10.4 Å². The second-order valence-electron chi connectivity index (χ2n) is 5.39. The third kappa shape index (κ3) is 2.57. The van der Waals surface area contributed by atoms with E-state index in [1.807, 2.05) is 0 Å². The summed E-state index contributed by atoms with van der Waals surface area (Å²) >= 11 is 10.4.